The normalized spacial score (nSPS) is 19.5. The summed E-state index contributed by atoms with van der Waals surface area (Å²) in [5.74, 6) is -0.743. The summed E-state index contributed by atoms with van der Waals surface area (Å²) in [6, 6.07) is 5.25. The summed E-state index contributed by atoms with van der Waals surface area (Å²) in [6.45, 7) is 12.1. The summed E-state index contributed by atoms with van der Waals surface area (Å²) in [7, 11) is -0.353. The molecule has 2 atom stereocenters. The number of nitrogens with one attached hydrogen (secondary N) is 3. The molecule has 12 nitrogen and oxygen atoms in total. The fraction of sp³-hybridized carbons (Fsp3) is 0.564. The summed E-state index contributed by atoms with van der Waals surface area (Å²) in [6.07, 6.45) is 8.53. The van der Waals surface area contributed by atoms with Crippen molar-refractivity contribution in [3.8, 4) is 16.5 Å². The van der Waals surface area contributed by atoms with Crippen LogP contribution >= 0.6 is 11.3 Å². The summed E-state index contributed by atoms with van der Waals surface area (Å²) >= 11 is 1.55. The average molecular weight is 768 g/mol. The van der Waals surface area contributed by atoms with Gasteiger partial charge < -0.3 is 19.9 Å². The van der Waals surface area contributed by atoms with Crippen LogP contribution in [0.2, 0.25) is 0 Å². The molecule has 0 saturated heterocycles. The van der Waals surface area contributed by atoms with Crippen LogP contribution in [0, 0.1) is 18.8 Å². The van der Waals surface area contributed by atoms with Crippen LogP contribution in [-0.2, 0) is 24.4 Å². The van der Waals surface area contributed by atoms with E-state index in [-0.39, 0.29) is 17.2 Å². The van der Waals surface area contributed by atoms with Crippen molar-refractivity contribution in [2.24, 2.45) is 11.8 Å². The van der Waals surface area contributed by atoms with E-state index >= 15 is 0 Å². The van der Waals surface area contributed by atoms with Crippen LogP contribution in [0.25, 0.3) is 21.6 Å². The molecule has 1 aromatic carbocycles. The highest BCUT2D eigenvalue weighted by Gasteiger charge is 2.57. The molecule has 288 valence electrons. The van der Waals surface area contributed by atoms with Crippen molar-refractivity contribution in [2.75, 3.05) is 20.7 Å². The van der Waals surface area contributed by atoms with Gasteiger partial charge in [0.25, 0.3) is 5.91 Å². The molecule has 0 bridgehead atoms. The fourth-order valence-corrected chi connectivity index (χ4v) is 8.98. The van der Waals surface area contributed by atoms with Gasteiger partial charge in [0, 0.05) is 47.8 Å². The zero-order chi connectivity index (χ0) is 38.7. The molecule has 2 heterocycles. The Balaban J connectivity index is 0.000000216. The van der Waals surface area contributed by atoms with E-state index in [1.165, 1.54) is 0 Å². The number of aromatic nitrogens is 2. The maximum atomic E-state index is 13.0. The Hall–Kier alpha value is -4.04. The number of hydrogen-bond donors (Lipinski definition) is 3. The zero-order valence-electron chi connectivity index (χ0n) is 31.7. The number of rotatable bonds is 14. The molecule has 0 aliphatic heterocycles. The Bertz CT molecular complexity index is 2030. The molecule has 53 heavy (non-hydrogen) atoms. The number of allylic oxidation sites excluding steroid dienone is 1. The third-order valence-corrected chi connectivity index (χ3v) is 13.9. The molecule has 3 amide bonds. The van der Waals surface area contributed by atoms with Gasteiger partial charge in [-0.1, -0.05) is 26.3 Å². The number of methoxy groups -OCH3 is 1. The number of fused-ring (bicyclic) bond motifs is 1. The largest absolute Gasteiger partial charge is 0.496 e. The van der Waals surface area contributed by atoms with Crippen molar-refractivity contribution in [3.63, 3.8) is 0 Å². The van der Waals surface area contributed by atoms with E-state index < -0.39 is 38.1 Å². The van der Waals surface area contributed by atoms with E-state index in [0.717, 1.165) is 58.9 Å². The van der Waals surface area contributed by atoms with E-state index in [1.54, 1.807) is 49.5 Å². The first-order chi connectivity index (χ1) is 25.1. The quantitative estimate of drug-likeness (QED) is 0.134. The van der Waals surface area contributed by atoms with E-state index in [2.05, 4.69) is 40.4 Å². The Morgan fingerprint density at radius 2 is 1.85 bits per heavy atom. The average Bonchev–Trinajstić information content (AvgIpc) is 3.93. The zero-order valence-corrected chi connectivity index (χ0v) is 33.3. The lowest BCUT2D eigenvalue weighted by atomic mass is 9.93. The number of nitrogens with zero attached hydrogens (tertiary/aromatic N) is 2. The lowest BCUT2D eigenvalue weighted by molar-refractivity contribution is -0.140. The molecular weight excluding hydrogens is 715 g/mol. The first kappa shape index (κ1) is 40.2. The number of benzene rings is 1. The van der Waals surface area contributed by atoms with Crippen LogP contribution in [0.4, 0.5) is 0 Å². The molecule has 14 heteroatoms. The second kappa shape index (κ2) is 16.1. The Morgan fingerprint density at radius 3 is 2.45 bits per heavy atom. The van der Waals surface area contributed by atoms with Gasteiger partial charge in [0.1, 0.15) is 16.3 Å². The first-order valence-electron chi connectivity index (χ1n) is 18.5. The van der Waals surface area contributed by atoms with Crippen molar-refractivity contribution >= 4 is 50.0 Å². The molecule has 3 aromatic rings. The van der Waals surface area contributed by atoms with Gasteiger partial charge in [0.2, 0.25) is 21.8 Å². The SMILES string of the molecule is C=CCCCCN(C)C(=O)C1CCC[C@H]1C(=O)NC1(C(=O)NS(=O)(=O)C2(C)CC2)CC1.COc1ccc2c(=O)cc(-c3nc(C(C)C)cs3)[nH]c2c1C. The van der Waals surface area contributed by atoms with Gasteiger partial charge in [-0.15, -0.1) is 17.9 Å². The number of ether oxygens (including phenoxy) is 1. The van der Waals surface area contributed by atoms with Gasteiger partial charge >= 0.3 is 0 Å². The molecule has 1 unspecified atom stereocenters. The third kappa shape index (κ3) is 8.86. The lowest BCUT2D eigenvalue weighted by Crippen LogP contribution is -2.54. The van der Waals surface area contributed by atoms with Crippen molar-refractivity contribution in [1.29, 1.82) is 0 Å². The van der Waals surface area contributed by atoms with Gasteiger partial charge in [-0.25, -0.2) is 13.4 Å². The first-order valence-corrected chi connectivity index (χ1v) is 20.8. The van der Waals surface area contributed by atoms with Crippen molar-refractivity contribution < 1.29 is 27.5 Å². The number of carbonyl (C=O) groups is 3. The van der Waals surface area contributed by atoms with Gasteiger partial charge in [-0.2, -0.15) is 0 Å². The number of amides is 3. The third-order valence-electron chi connectivity index (χ3n) is 10.9. The van der Waals surface area contributed by atoms with Crippen molar-refractivity contribution in [3.05, 3.63) is 57.7 Å². The minimum absolute atomic E-state index is 0.00389. The second-order valence-electron chi connectivity index (χ2n) is 15.2. The van der Waals surface area contributed by atoms with E-state index in [9.17, 15) is 27.6 Å². The Kier molecular flexibility index (Phi) is 12.2. The van der Waals surface area contributed by atoms with Gasteiger partial charge in [0.05, 0.1) is 28.8 Å². The molecule has 3 saturated carbocycles. The molecule has 3 fully saturated rings. The van der Waals surface area contributed by atoms with Crippen LogP contribution in [0.15, 0.2) is 41.0 Å². The number of thiazole rings is 1. The van der Waals surface area contributed by atoms with Gasteiger partial charge in [-0.05, 0) is 89.7 Å². The number of aryl methyl sites for hydroxylation is 1. The topological polar surface area (TPSA) is 168 Å². The highest BCUT2D eigenvalue weighted by molar-refractivity contribution is 7.91. The number of carbonyl (C=O) groups excluding carboxylic acids is 3. The number of H-pyrrole nitrogens is 1. The number of hydrogen-bond acceptors (Lipinski definition) is 9. The van der Waals surface area contributed by atoms with Crippen LogP contribution in [0.1, 0.15) is 102 Å². The van der Waals surface area contributed by atoms with E-state index in [4.69, 9.17) is 4.74 Å². The summed E-state index contributed by atoms with van der Waals surface area (Å²) in [5.41, 5.74) is 2.37. The lowest BCUT2D eigenvalue weighted by Gasteiger charge is -2.26. The van der Waals surface area contributed by atoms with E-state index in [1.807, 2.05) is 24.4 Å². The smallest absolute Gasteiger partial charge is 0.259 e. The van der Waals surface area contributed by atoms with Crippen molar-refractivity contribution in [1.82, 2.24) is 24.9 Å². The minimum Gasteiger partial charge on any atom is -0.496 e. The number of aromatic amines is 1. The Labute approximate surface area is 316 Å². The molecule has 3 aliphatic carbocycles. The highest BCUT2D eigenvalue weighted by Crippen LogP contribution is 2.44. The second-order valence-corrected chi connectivity index (χ2v) is 18.3. The van der Waals surface area contributed by atoms with Crippen molar-refractivity contribution in [2.45, 2.75) is 108 Å². The van der Waals surface area contributed by atoms with Crippen LogP contribution in [0.3, 0.4) is 0 Å². The van der Waals surface area contributed by atoms with Crippen LogP contribution < -0.4 is 20.2 Å². The number of unbranched alkanes of at least 4 members (excludes halogenated alkanes) is 2. The number of pyridine rings is 1. The molecule has 3 aliphatic rings. The van der Waals surface area contributed by atoms with Crippen LogP contribution in [-0.4, -0.2) is 72.0 Å². The van der Waals surface area contributed by atoms with Gasteiger partial charge in [-0.3, -0.25) is 23.9 Å². The maximum Gasteiger partial charge on any atom is 0.259 e. The Morgan fingerprint density at radius 1 is 1.15 bits per heavy atom. The molecule has 0 radical (unpaired) electrons. The molecule has 0 spiro atoms. The maximum absolute atomic E-state index is 13.0. The standard InChI is InChI=1S/C22H35N3O5S.C17H18N2O2S/c1-4-5-6-7-15-25(3)19(27)17-10-8-9-16(17)18(26)23-22(13-14-22)20(28)24-31(29,30)21(2)11-12-21;1-9(2)13-8-22-17(19-13)12-7-14(20)11-5-6-15(21-4)10(3)16(11)18-12/h4,16-17H,1,5-15H2,2-3H3,(H,23,26)(H,24,28);5-9H,1-4H3,(H,18,20)/t16-,17?;/m1./s1. The van der Waals surface area contributed by atoms with Gasteiger partial charge in [0.15, 0.2) is 5.43 Å². The predicted octanol–water partition coefficient (Wildman–Crippen LogP) is 5.96. The molecule has 3 N–H and O–H groups in total. The predicted molar refractivity (Wildman–Crippen MR) is 208 cm³/mol. The number of sulfonamides is 1. The fourth-order valence-electron chi connectivity index (χ4n) is 6.70. The van der Waals surface area contributed by atoms with E-state index in [0.29, 0.717) is 56.4 Å². The molecule has 6 rings (SSSR count). The monoisotopic (exact) mass is 767 g/mol. The summed E-state index contributed by atoms with van der Waals surface area (Å²) < 4.78 is 31.4. The molecular formula is C39H53N5O7S2. The minimum atomic E-state index is -3.75. The molecule has 2 aromatic heterocycles. The van der Waals surface area contributed by atoms with Crippen LogP contribution in [0.5, 0.6) is 5.75 Å². The summed E-state index contributed by atoms with van der Waals surface area (Å²) in [5, 5.41) is 6.34. The highest BCUT2D eigenvalue weighted by atomic mass is 32.2. The summed E-state index contributed by atoms with van der Waals surface area (Å²) in [4.78, 5) is 60.6.